The van der Waals surface area contributed by atoms with Gasteiger partial charge in [0.1, 0.15) is 11.4 Å². The number of aryl methyl sites for hydroxylation is 1. The van der Waals surface area contributed by atoms with Crippen LogP contribution in [0.15, 0.2) is 12.1 Å². The Labute approximate surface area is 144 Å². The summed E-state index contributed by atoms with van der Waals surface area (Å²) in [7, 11) is 1.51. The minimum Gasteiger partial charge on any atom is -0.489 e. The van der Waals surface area contributed by atoms with Crippen LogP contribution in [0.4, 0.5) is 14.9 Å². The van der Waals surface area contributed by atoms with Gasteiger partial charge in [-0.25, -0.2) is 13.9 Å². The number of carbonyl (C=O) groups is 1. The molecular weight excluding hydrogens is 335 g/mol. The third-order valence-corrected chi connectivity index (χ3v) is 3.64. The molecule has 130 valence electrons. The fraction of sp³-hybridized carbons (Fsp3) is 0.375. The van der Waals surface area contributed by atoms with Gasteiger partial charge in [0, 0.05) is 13.1 Å². The number of carbonyl (C=O) groups excluding carboxylic acids is 1. The topological polar surface area (TPSA) is 68.2 Å². The Morgan fingerprint density at radius 2 is 2.04 bits per heavy atom. The molecule has 0 spiro atoms. The lowest BCUT2D eigenvalue weighted by Crippen LogP contribution is -2.25. The minimum absolute atomic E-state index is 0.105. The van der Waals surface area contributed by atoms with Gasteiger partial charge in [0.25, 0.3) is 0 Å². The number of aromatic nitrogens is 2. The van der Waals surface area contributed by atoms with Gasteiger partial charge in [0.05, 0.1) is 28.2 Å². The van der Waals surface area contributed by atoms with Crippen molar-refractivity contribution in [1.29, 1.82) is 0 Å². The fourth-order valence-corrected chi connectivity index (χ4v) is 2.45. The first-order valence-corrected chi connectivity index (χ1v) is 7.83. The van der Waals surface area contributed by atoms with Crippen LogP contribution in [0.1, 0.15) is 25.2 Å². The second kappa shape index (κ2) is 7.09. The zero-order valence-electron chi connectivity index (χ0n) is 14.2. The van der Waals surface area contributed by atoms with Gasteiger partial charge in [-0.1, -0.05) is 11.6 Å². The van der Waals surface area contributed by atoms with Crippen molar-refractivity contribution in [1.82, 2.24) is 15.1 Å². The molecule has 1 heterocycles. The van der Waals surface area contributed by atoms with E-state index < -0.39 is 5.82 Å². The molecule has 0 aliphatic heterocycles. The van der Waals surface area contributed by atoms with E-state index >= 15 is 0 Å². The molecule has 2 aromatic rings. The van der Waals surface area contributed by atoms with Crippen molar-refractivity contribution in [2.45, 2.75) is 33.8 Å². The molecule has 2 N–H and O–H groups in total. The van der Waals surface area contributed by atoms with Crippen molar-refractivity contribution in [2.24, 2.45) is 0 Å². The van der Waals surface area contributed by atoms with Crippen LogP contribution in [0.5, 0.6) is 5.75 Å². The summed E-state index contributed by atoms with van der Waals surface area (Å²) in [4.78, 5) is 11.5. The van der Waals surface area contributed by atoms with Crippen LogP contribution in [0.2, 0.25) is 5.02 Å². The SMILES string of the molecule is CNC(=O)Nc1c(C)nn(-c2cc(OC(C)C)c(Cl)cc2F)c1C. The molecule has 0 fully saturated rings. The summed E-state index contributed by atoms with van der Waals surface area (Å²) in [5, 5.41) is 9.65. The highest BCUT2D eigenvalue weighted by Crippen LogP contribution is 2.32. The number of anilines is 1. The average molecular weight is 355 g/mol. The Bertz CT molecular complexity index is 774. The highest BCUT2D eigenvalue weighted by Gasteiger charge is 2.19. The van der Waals surface area contributed by atoms with Crippen molar-refractivity contribution >= 4 is 23.3 Å². The van der Waals surface area contributed by atoms with Gasteiger partial charge >= 0.3 is 6.03 Å². The number of rotatable bonds is 4. The number of nitrogens with zero attached hydrogens (tertiary/aromatic N) is 2. The molecule has 0 aliphatic rings. The van der Waals surface area contributed by atoms with Gasteiger partial charge in [0.2, 0.25) is 0 Å². The quantitative estimate of drug-likeness (QED) is 0.877. The number of hydrogen-bond donors (Lipinski definition) is 2. The van der Waals surface area contributed by atoms with Crippen molar-refractivity contribution in [3.05, 3.63) is 34.4 Å². The summed E-state index contributed by atoms with van der Waals surface area (Å²) in [5.41, 5.74) is 1.88. The first-order chi connectivity index (χ1) is 11.2. The van der Waals surface area contributed by atoms with Gasteiger partial charge < -0.3 is 15.4 Å². The molecule has 0 aliphatic carbocycles. The van der Waals surface area contributed by atoms with Gasteiger partial charge in [0.15, 0.2) is 5.82 Å². The molecule has 2 rings (SSSR count). The predicted molar refractivity (Wildman–Crippen MR) is 91.8 cm³/mol. The molecule has 0 saturated carbocycles. The minimum atomic E-state index is -0.534. The smallest absolute Gasteiger partial charge is 0.319 e. The van der Waals surface area contributed by atoms with Crippen LogP contribution >= 0.6 is 11.6 Å². The van der Waals surface area contributed by atoms with E-state index in [1.54, 1.807) is 13.8 Å². The van der Waals surface area contributed by atoms with Crippen LogP contribution in [0.3, 0.4) is 0 Å². The third kappa shape index (κ3) is 3.62. The summed E-state index contributed by atoms with van der Waals surface area (Å²) in [6.07, 6.45) is -0.105. The molecule has 1 aromatic heterocycles. The number of hydrogen-bond acceptors (Lipinski definition) is 3. The van der Waals surface area contributed by atoms with Crippen molar-refractivity contribution in [2.75, 3.05) is 12.4 Å². The lowest BCUT2D eigenvalue weighted by Gasteiger charge is -2.14. The molecule has 8 heteroatoms. The summed E-state index contributed by atoms with van der Waals surface area (Å²) >= 11 is 6.04. The van der Waals surface area contributed by atoms with Crippen LogP contribution in [-0.4, -0.2) is 29.0 Å². The molecule has 0 saturated heterocycles. The summed E-state index contributed by atoms with van der Waals surface area (Å²) in [6.45, 7) is 7.18. The maximum Gasteiger partial charge on any atom is 0.319 e. The van der Waals surface area contributed by atoms with Crippen LogP contribution < -0.4 is 15.4 Å². The number of halogens is 2. The Morgan fingerprint density at radius 3 is 2.62 bits per heavy atom. The number of nitrogens with one attached hydrogen (secondary N) is 2. The van der Waals surface area contributed by atoms with Crippen molar-refractivity contribution in [3.8, 4) is 11.4 Å². The first-order valence-electron chi connectivity index (χ1n) is 7.45. The van der Waals surface area contributed by atoms with Crippen LogP contribution in [0.25, 0.3) is 5.69 Å². The van der Waals surface area contributed by atoms with E-state index in [1.807, 2.05) is 13.8 Å². The molecule has 0 radical (unpaired) electrons. The zero-order valence-corrected chi connectivity index (χ0v) is 15.0. The number of amides is 2. The zero-order chi connectivity index (χ0) is 18.0. The Morgan fingerprint density at radius 1 is 1.38 bits per heavy atom. The molecule has 6 nitrogen and oxygen atoms in total. The molecule has 0 unspecified atom stereocenters. The Hall–Kier alpha value is -2.28. The van der Waals surface area contributed by atoms with Gasteiger partial charge in [-0.2, -0.15) is 5.10 Å². The normalized spacial score (nSPS) is 10.8. The lowest BCUT2D eigenvalue weighted by atomic mass is 10.2. The summed E-state index contributed by atoms with van der Waals surface area (Å²) in [5.74, 6) is -0.162. The maximum atomic E-state index is 14.4. The second-order valence-electron chi connectivity index (χ2n) is 5.56. The number of benzene rings is 1. The van der Waals surface area contributed by atoms with E-state index in [2.05, 4.69) is 15.7 Å². The van der Waals surface area contributed by atoms with Crippen LogP contribution in [-0.2, 0) is 0 Å². The average Bonchev–Trinajstić information content (AvgIpc) is 2.77. The fourth-order valence-electron chi connectivity index (χ4n) is 2.26. The summed E-state index contributed by atoms with van der Waals surface area (Å²) in [6, 6.07) is 2.32. The molecular formula is C16H20ClFN4O2. The van der Waals surface area contributed by atoms with Gasteiger partial charge in [-0.05, 0) is 33.8 Å². The van der Waals surface area contributed by atoms with E-state index in [1.165, 1.54) is 23.9 Å². The molecule has 2 amide bonds. The Kier molecular flexibility index (Phi) is 5.33. The van der Waals surface area contributed by atoms with E-state index in [9.17, 15) is 9.18 Å². The largest absolute Gasteiger partial charge is 0.489 e. The third-order valence-electron chi connectivity index (χ3n) is 3.35. The molecule has 24 heavy (non-hydrogen) atoms. The molecule has 1 aromatic carbocycles. The predicted octanol–water partition coefficient (Wildman–Crippen LogP) is 3.82. The maximum absolute atomic E-state index is 14.4. The highest BCUT2D eigenvalue weighted by atomic mass is 35.5. The monoisotopic (exact) mass is 354 g/mol. The molecule has 0 atom stereocenters. The first kappa shape index (κ1) is 18.1. The van der Waals surface area contributed by atoms with Crippen molar-refractivity contribution in [3.63, 3.8) is 0 Å². The van der Waals surface area contributed by atoms with Crippen LogP contribution in [0, 0.1) is 19.7 Å². The van der Waals surface area contributed by atoms with E-state index in [-0.39, 0.29) is 22.8 Å². The van der Waals surface area contributed by atoms with E-state index in [0.717, 1.165) is 0 Å². The summed E-state index contributed by atoms with van der Waals surface area (Å²) < 4.78 is 21.4. The van der Waals surface area contributed by atoms with E-state index in [4.69, 9.17) is 16.3 Å². The Balaban J connectivity index is 2.52. The standard InChI is InChI=1S/C16H20ClFN4O2/c1-8(2)24-14-7-13(12(18)6-11(14)17)22-10(4)15(9(3)21-22)20-16(23)19-5/h6-8H,1-5H3,(H2,19,20,23). The second-order valence-corrected chi connectivity index (χ2v) is 5.97. The van der Waals surface area contributed by atoms with Gasteiger partial charge in [-0.3, -0.25) is 0 Å². The highest BCUT2D eigenvalue weighted by molar-refractivity contribution is 6.32. The lowest BCUT2D eigenvalue weighted by molar-refractivity contribution is 0.242. The molecule has 0 bridgehead atoms. The van der Waals surface area contributed by atoms with E-state index in [0.29, 0.717) is 22.8 Å². The van der Waals surface area contributed by atoms with Crippen molar-refractivity contribution < 1.29 is 13.9 Å². The van der Waals surface area contributed by atoms with Gasteiger partial charge in [-0.15, -0.1) is 0 Å². The number of urea groups is 1. The number of ether oxygens (including phenoxy) is 1.